The van der Waals surface area contributed by atoms with E-state index in [1.165, 1.54) is 5.56 Å². The van der Waals surface area contributed by atoms with Gasteiger partial charge in [0.25, 0.3) is 0 Å². The molecular weight excluding hydrogens is 367 g/mol. The van der Waals surface area contributed by atoms with E-state index in [9.17, 15) is 18.0 Å². The van der Waals surface area contributed by atoms with Crippen LogP contribution in [0, 0.1) is 5.92 Å². The first-order chi connectivity index (χ1) is 13.3. The van der Waals surface area contributed by atoms with Crippen molar-refractivity contribution in [2.45, 2.75) is 58.5 Å². The van der Waals surface area contributed by atoms with Gasteiger partial charge in [-0.3, -0.25) is 9.78 Å². The summed E-state index contributed by atoms with van der Waals surface area (Å²) in [4.78, 5) is 16.4. The van der Waals surface area contributed by atoms with Crippen LogP contribution in [0.1, 0.15) is 51.5 Å². The summed E-state index contributed by atoms with van der Waals surface area (Å²) in [7, 11) is 0. The summed E-state index contributed by atoms with van der Waals surface area (Å²) in [6, 6.07) is 10.6. The molecular formula is C22H26F3NO2. The fourth-order valence-electron chi connectivity index (χ4n) is 2.93. The fraction of sp³-hybridized carbons (Fsp3) is 0.455. The summed E-state index contributed by atoms with van der Waals surface area (Å²) in [5.41, 5.74) is 2.80. The Bertz CT molecular complexity index is 740. The molecule has 0 aliphatic carbocycles. The molecule has 1 heterocycles. The highest BCUT2D eigenvalue weighted by atomic mass is 19.4. The molecule has 0 saturated heterocycles. The van der Waals surface area contributed by atoms with E-state index in [-0.39, 0.29) is 12.2 Å². The van der Waals surface area contributed by atoms with E-state index in [0.717, 1.165) is 24.1 Å². The van der Waals surface area contributed by atoms with Crippen molar-refractivity contribution in [1.82, 2.24) is 4.98 Å². The molecule has 1 unspecified atom stereocenters. The molecule has 0 aliphatic rings. The van der Waals surface area contributed by atoms with E-state index in [0.29, 0.717) is 12.8 Å². The predicted molar refractivity (Wildman–Crippen MR) is 103 cm³/mol. The van der Waals surface area contributed by atoms with Gasteiger partial charge in [0.1, 0.15) is 5.75 Å². The first kappa shape index (κ1) is 21.9. The summed E-state index contributed by atoms with van der Waals surface area (Å²) in [5.74, 6) is -2.30. The Balaban J connectivity index is 1.98. The Labute approximate surface area is 163 Å². The lowest BCUT2D eigenvalue weighted by Gasteiger charge is -2.19. The fourth-order valence-corrected chi connectivity index (χ4v) is 2.93. The van der Waals surface area contributed by atoms with Gasteiger partial charge >= 0.3 is 12.1 Å². The van der Waals surface area contributed by atoms with Crippen molar-refractivity contribution in [3.8, 4) is 17.0 Å². The lowest BCUT2D eigenvalue weighted by molar-refractivity contribution is -0.183. The Morgan fingerprint density at radius 2 is 1.79 bits per heavy atom. The zero-order chi connectivity index (χ0) is 20.6. The van der Waals surface area contributed by atoms with E-state index in [2.05, 4.69) is 11.9 Å². The van der Waals surface area contributed by atoms with Crippen molar-refractivity contribution in [1.29, 1.82) is 0 Å². The van der Waals surface area contributed by atoms with Crippen LogP contribution in [0.5, 0.6) is 5.75 Å². The minimum atomic E-state index is -4.40. The summed E-state index contributed by atoms with van der Waals surface area (Å²) in [6.07, 6.45) is -0.186. The van der Waals surface area contributed by atoms with E-state index < -0.39 is 24.5 Å². The third-order valence-electron chi connectivity index (χ3n) is 4.53. The minimum absolute atomic E-state index is 0.0618. The van der Waals surface area contributed by atoms with Crippen LogP contribution >= 0.6 is 0 Å². The second-order valence-corrected chi connectivity index (χ2v) is 6.89. The highest BCUT2D eigenvalue weighted by molar-refractivity contribution is 5.73. The molecule has 3 nitrogen and oxygen atoms in total. The molecule has 0 spiro atoms. The second kappa shape index (κ2) is 10.2. The number of hydrogen-bond acceptors (Lipinski definition) is 3. The summed E-state index contributed by atoms with van der Waals surface area (Å²) in [6.45, 7) is 3.92. The normalized spacial score (nSPS) is 12.6. The molecule has 2 aromatic rings. The van der Waals surface area contributed by atoms with Crippen molar-refractivity contribution < 1.29 is 22.7 Å². The van der Waals surface area contributed by atoms with Gasteiger partial charge in [0, 0.05) is 11.8 Å². The largest absolute Gasteiger partial charge is 0.427 e. The maximum Gasteiger partial charge on any atom is 0.392 e. The van der Waals surface area contributed by atoms with Crippen LogP contribution < -0.4 is 4.74 Å². The number of carbonyl (C=O) groups is 1. The number of nitrogens with zero attached hydrogens (tertiary/aromatic N) is 1. The first-order valence-corrected chi connectivity index (χ1v) is 9.66. The molecule has 0 saturated carbocycles. The van der Waals surface area contributed by atoms with Crippen molar-refractivity contribution in [3.63, 3.8) is 0 Å². The average molecular weight is 393 g/mol. The quantitative estimate of drug-likeness (QED) is 0.367. The molecule has 1 aromatic carbocycles. The van der Waals surface area contributed by atoms with E-state index in [1.54, 1.807) is 24.3 Å². The number of alkyl halides is 3. The molecule has 28 heavy (non-hydrogen) atoms. The highest BCUT2D eigenvalue weighted by Crippen LogP contribution is 2.33. The number of rotatable bonds is 9. The molecule has 0 aliphatic heterocycles. The maximum atomic E-state index is 13.0. The van der Waals surface area contributed by atoms with Crippen LogP contribution in [0.15, 0.2) is 42.6 Å². The van der Waals surface area contributed by atoms with Gasteiger partial charge in [-0.1, -0.05) is 39.2 Å². The Kier molecular flexibility index (Phi) is 8.03. The number of hydrogen-bond donors (Lipinski definition) is 0. The third kappa shape index (κ3) is 6.66. The number of benzene rings is 1. The molecule has 0 radical (unpaired) electrons. The van der Waals surface area contributed by atoms with Gasteiger partial charge in [0.2, 0.25) is 0 Å². The first-order valence-electron chi connectivity index (χ1n) is 9.66. The number of ether oxygens (including phenoxy) is 1. The Hall–Kier alpha value is -2.37. The van der Waals surface area contributed by atoms with Gasteiger partial charge in [-0.25, -0.2) is 0 Å². The SMILES string of the molecule is CCCCC(CC(=O)Oc1ccc(-c2ccc(CCC)cn2)cc1)C(F)(F)F. The number of aromatic nitrogens is 1. The zero-order valence-electron chi connectivity index (χ0n) is 16.3. The number of halogens is 3. The molecule has 0 fully saturated rings. The number of aryl methyl sites for hydroxylation is 1. The van der Waals surface area contributed by atoms with E-state index in [4.69, 9.17) is 4.74 Å². The van der Waals surface area contributed by atoms with Gasteiger partial charge in [-0.2, -0.15) is 13.2 Å². The molecule has 1 aromatic heterocycles. The Morgan fingerprint density at radius 3 is 2.32 bits per heavy atom. The average Bonchev–Trinajstić information content (AvgIpc) is 2.66. The molecule has 152 valence electrons. The van der Waals surface area contributed by atoms with Gasteiger partial charge in [-0.15, -0.1) is 0 Å². The van der Waals surface area contributed by atoms with Gasteiger partial charge in [0.05, 0.1) is 18.0 Å². The van der Waals surface area contributed by atoms with Gasteiger partial charge in [-0.05, 0) is 48.7 Å². The summed E-state index contributed by atoms with van der Waals surface area (Å²) >= 11 is 0. The molecule has 6 heteroatoms. The number of pyridine rings is 1. The van der Waals surface area contributed by atoms with Crippen LogP contribution in [-0.4, -0.2) is 17.1 Å². The predicted octanol–water partition coefficient (Wildman–Crippen LogP) is 6.37. The van der Waals surface area contributed by atoms with Crippen LogP contribution in [0.2, 0.25) is 0 Å². The van der Waals surface area contributed by atoms with Crippen LogP contribution in [0.4, 0.5) is 13.2 Å². The smallest absolute Gasteiger partial charge is 0.392 e. The summed E-state index contributed by atoms with van der Waals surface area (Å²) in [5, 5.41) is 0. The molecule has 1 atom stereocenters. The Morgan fingerprint density at radius 1 is 1.07 bits per heavy atom. The topological polar surface area (TPSA) is 39.2 Å². The van der Waals surface area contributed by atoms with Crippen LogP contribution in [0.25, 0.3) is 11.3 Å². The molecule has 2 rings (SSSR count). The molecule has 0 amide bonds. The molecule has 0 bridgehead atoms. The van der Waals surface area contributed by atoms with Crippen LogP contribution in [0.3, 0.4) is 0 Å². The summed E-state index contributed by atoms with van der Waals surface area (Å²) < 4.78 is 44.2. The monoisotopic (exact) mass is 393 g/mol. The standard InChI is InChI=1S/C22H26F3NO2/c1-3-5-7-18(22(23,24)25)14-21(27)28-19-11-9-17(10-12-19)20-13-8-16(6-4-2)15-26-20/h8-13,15,18H,3-7,14H2,1-2H3. The van der Waals surface area contributed by atoms with E-state index >= 15 is 0 Å². The number of unbranched alkanes of at least 4 members (excludes halogenated alkanes) is 1. The van der Waals surface area contributed by atoms with Crippen molar-refractivity contribution in [3.05, 3.63) is 48.2 Å². The minimum Gasteiger partial charge on any atom is -0.427 e. The van der Waals surface area contributed by atoms with Crippen LogP contribution in [-0.2, 0) is 11.2 Å². The maximum absolute atomic E-state index is 13.0. The van der Waals surface area contributed by atoms with Crippen molar-refractivity contribution in [2.75, 3.05) is 0 Å². The van der Waals surface area contributed by atoms with Gasteiger partial charge in [0.15, 0.2) is 0 Å². The highest BCUT2D eigenvalue weighted by Gasteiger charge is 2.40. The van der Waals surface area contributed by atoms with Crippen molar-refractivity contribution >= 4 is 5.97 Å². The van der Waals surface area contributed by atoms with Gasteiger partial charge < -0.3 is 4.74 Å². The van der Waals surface area contributed by atoms with E-state index in [1.807, 2.05) is 25.3 Å². The number of esters is 1. The zero-order valence-corrected chi connectivity index (χ0v) is 16.3. The molecule has 0 N–H and O–H groups in total. The third-order valence-corrected chi connectivity index (χ3v) is 4.53. The van der Waals surface area contributed by atoms with Crippen molar-refractivity contribution in [2.24, 2.45) is 5.92 Å². The lowest BCUT2D eigenvalue weighted by atomic mass is 9.98. The second-order valence-electron chi connectivity index (χ2n) is 6.89. The lowest BCUT2D eigenvalue weighted by Crippen LogP contribution is -2.27. The number of carbonyl (C=O) groups excluding carboxylic acids is 1.